The molecular weight excluding hydrogens is 912 g/mol. The van der Waals surface area contributed by atoms with Gasteiger partial charge in [-0.05, 0) is 5.56 Å². The first-order valence-corrected chi connectivity index (χ1v) is 9.94. The minimum Gasteiger partial charge on any atom is -0.442 e. The number of rotatable bonds is 2. The predicted molar refractivity (Wildman–Crippen MR) is 132 cm³/mol. The zero-order valence-corrected chi connectivity index (χ0v) is 25.6. The van der Waals surface area contributed by atoms with Crippen LogP contribution < -0.4 is 0 Å². The molecule has 0 amide bonds. The van der Waals surface area contributed by atoms with E-state index in [1.54, 1.807) is 0 Å². The van der Waals surface area contributed by atoms with Gasteiger partial charge in [-0.2, -0.15) is 0 Å². The van der Waals surface area contributed by atoms with E-state index < -0.39 is 50.8 Å². The van der Waals surface area contributed by atoms with Crippen LogP contribution in [0.4, 0.5) is 121 Å². The van der Waals surface area contributed by atoms with Gasteiger partial charge in [-0.1, -0.05) is 36.9 Å². The second-order valence-electron chi connectivity index (χ2n) is 5.61. The standard InChI is InChI=1S/C9H10O.3CO.7BF4.Mo/c1-8(7-10)9-5-3-2-4-6-9;3*1-2;7*2-1(3,4)5;/h2-6,10H,1,7H2;;;;;;;;;;;/q;;;;7*-1;+6/p+1. The monoisotopic (exact) mass is 926 g/mol. The fourth-order valence-electron chi connectivity index (χ4n) is 0.776. The van der Waals surface area contributed by atoms with Crippen LogP contribution in [0.2, 0.25) is 0 Å². The molecule has 0 bridgehead atoms. The summed E-state index contributed by atoms with van der Waals surface area (Å²) >= 11 is 0. The van der Waals surface area contributed by atoms with Gasteiger partial charge in [0.25, 0.3) is 20.4 Å². The molecule has 40 heteroatoms. The third-order valence-corrected chi connectivity index (χ3v) is 1.40. The number of benzene rings is 1. The van der Waals surface area contributed by atoms with Gasteiger partial charge in [-0.3, -0.25) is 14.4 Å². The number of carbonyl (C=O) groups excluding carboxylic acids is 3. The Hall–Kier alpha value is -2.89. The van der Waals surface area contributed by atoms with Crippen molar-refractivity contribution in [1.82, 2.24) is 0 Å². The van der Waals surface area contributed by atoms with Crippen molar-refractivity contribution in [3.63, 3.8) is 0 Å². The Kier molecular flexibility index (Phi) is 61.5. The summed E-state index contributed by atoms with van der Waals surface area (Å²) < 4.78 is 273. The molecule has 0 saturated carbocycles. The van der Waals surface area contributed by atoms with Crippen molar-refractivity contribution in [2.24, 2.45) is 0 Å². The minimum absolute atomic E-state index is 0. The van der Waals surface area contributed by atoms with Gasteiger partial charge < -0.3 is 126 Å². The van der Waals surface area contributed by atoms with Crippen LogP contribution >= 0.6 is 0 Å². The third-order valence-electron chi connectivity index (χ3n) is 1.40. The van der Waals surface area contributed by atoms with Crippen LogP contribution in [0, 0.1) is 0 Å². The molecule has 0 atom stereocenters. The largest absolute Gasteiger partial charge is 6.00 e. The average Bonchev–Trinajstić information content (AvgIpc) is 2.81. The van der Waals surface area contributed by atoms with Crippen molar-refractivity contribution in [1.29, 1.82) is 0 Å². The van der Waals surface area contributed by atoms with Crippen molar-refractivity contribution in [3.05, 3.63) is 42.5 Å². The smallest absolute Gasteiger partial charge is 0.442 e. The summed E-state index contributed by atoms with van der Waals surface area (Å²) in [5.41, 5.74) is 1.94. The van der Waals surface area contributed by atoms with Crippen LogP contribution in [-0.2, 0) is 35.4 Å². The van der Waals surface area contributed by atoms with E-state index in [1.165, 1.54) is 0 Å². The van der Waals surface area contributed by atoms with Crippen molar-refractivity contribution in [3.8, 4) is 0 Å². The van der Waals surface area contributed by atoms with Crippen molar-refractivity contribution in [2.45, 2.75) is 0 Å². The fourth-order valence-corrected chi connectivity index (χ4v) is 0.776. The molecule has 0 saturated heterocycles. The molecule has 1 aromatic carbocycles. The van der Waals surface area contributed by atoms with Crippen LogP contribution in [0.25, 0.3) is 5.57 Å². The third kappa shape index (κ3) is 811. The van der Waals surface area contributed by atoms with E-state index in [0.717, 1.165) is 11.1 Å². The molecule has 0 aromatic heterocycles. The van der Waals surface area contributed by atoms with Gasteiger partial charge in [-0.25, -0.2) is 0 Å². The van der Waals surface area contributed by atoms with Gasteiger partial charge in [0.2, 0.25) is 0 Å². The molecule has 1 rings (SSSR count). The maximum Gasteiger partial charge on any atom is 6.00 e. The molecule has 306 valence electrons. The molecule has 52 heavy (non-hydrogen) atoms. The Morgan fingerprint density at radius 3 is 0.615 bits per heavy atom. The summed E-state index contributed by atoms with van der Waals surface area (Å²) in [6, 6.07) is 9.81. The van der Waals surface area contributed by atoms with Gasteiger partial charge in [0.1, 0.15) is 0 Å². The Bertz CT molecular complexity index is 697. The molecule has 1 aromatic rings. The molecule has 0 aliphatic heterocycles. The fraction of sp³-hybridized carbons (Fsp3) is 0.0833. The van der Waals surface area contributed by atoms with Gasteiger partial charge >= 0.3 is 71.8 Å². The first-order valence-electron chi connectivity index (χ1n) is 9.94. The van der Waals surface area contributed by atoms with E-state index in [0.29, 0.717) is 0 Å². The van der Waals surface area contributed by atoms with Crippen LogP contribution in [-0.4, -0.2) is 82.9 Å². The topological polar surface area (TPSA) is 74.1 Å². The van der Waals surface area contributed by atoms with E-state index in [1.807, 2.05) is 30.3 Å². The van der Waals surface area contributed by atoms with Crippen LogP contribution in [0.3, 0.4) is 0 Å². The zero-order valence-electron chi connectivity index (χ0n) is 23.6. The molecule has 0 heterocycles. The second kappa shape index (κ2) is 40.9. The SMILES string of the molecule is C=C(C[OH2+])c1ccccc1.F[B-](F)(F)F.F[B-](F)(F)F.F[B-](F)(F)F.F[B-](F)(F)F.F[B-](F)(F)F.F[B-](F)(F)F.F[B-](F)(F)F.[C]=O.[C]=O.[C]=O.[Mo+6]. The zero-order chi connectivity index (χ0) is 44.9. The number of hydrogen-bond donors (Lipinski definition) is 0. The van der Waals surface area contributed by atoms with Crippen molar-refractivity contribution in [2.75, 3.05) is 6.61 Å². The predicted octanol–water partition coefficient (Wildman–Crippen LogP) is 9.33. The molecule has 0 spiro atoms. The molecule has 4 nitrogen and oxygen atoms in total. The summed E-state index contributed by atoms with van der Waals surface area (Å²) in [4.78, 5) is 22.5. The first kappa shape index (κ1) is 78.3. The normalized spacial score (nSPS) is 10.1. The minimum atomic E-state index is -6.00. The quantitative estimate of drug-likeness (QED) is 0.169. The van der Waals surface area contributed by atoms with E-state index in [4.69, 9.17) is 19.5 Å². The first-order chi connectivity index (χ1) is 21.8. The molecule has 6 radical (unpaired) electrons. The molecule has 0 fully saturated rings. The molecule has 0 unspecified atom stereocenters. The Morgan fingerprint density at radius 1 is 0.404 bits per heavy atom. The molecule has 0 aliphatic rings. The molecular formula is C12H11B7F28MoO4. The van der Waals surface area contributed by atoms with Crippen LogP contribution in [0.5, 0.6) is 0 Å². The van der Waals surface area contributed by atoms with Crippen LogP contribution in [0.1, 0.15) is 5.56 Å². The van der Waals surface area contributed by atoms with Gasteiger partial charge in [0.15, 0.2) is 6.61 Å². The maximum atomic E-state index is 9.75. The average molecular weight is 923 g/mol. The summed E-state index contributed by atoms with van der Waals surface area (Å²) in [7, 11) is -42.0. The van der Waals surface area contributed by atoms with Crippen LogP contribution in [0.15, 0.2) is 36.9 Å². The second-order valence-corrected chi connectivity index (χ2v) is 5.61. The van der Waals surface area contributed by atoms with Gasteiger partial charge in [-0.15, -0.1) is 0 Å². The molecule has 0 aliphatic carbocycles. The summed E-state index contributed by atoms with van der Waals surface area (Å²) in [6.45, 7) is 17.5. The Morgan fingerprint density at radius 2 is 0.519 bits per heavy atom. The van der Waals surface area contributed by atoms with Gasteiger partial charge in [0, 0.05) is 5.57 Å². The maximum absolute atomic E-state index is 9.75. The Balaban J connectivity index is -0.0000000407. The van der Waals surface area contributed by atoms with E-state index >= 15 is 0 Å². The van der Waals surface area contributed by atoms with E-state index in [9.17, 15) is 121 Å². The van der Waals surface area contributed by atoms with E-state index in [-0.39, 0.29) is 27.7 Å². The summed E-state index contributed by atoms with van der Waals surface area (Å²) in [5.74, 6) is 0. The van der Waals surface area contributed by atoms with Gasteiger partial charge in [0.05, 0.1) is 0 Å². The molecule has 2 N–H and O–H groups in total. The number of halogens is 28. The number of hydrogen-bond acceptors (Lipinski definition) is 3. The van der Waals surface area contributed by atoms with Crippen molar-refractivity contribution >= 4 is 76.7 Å². The van der Waals surface area contributed by atoms with E-state index in [2.05, 4.69) is 26.9 Å². The summed E-state index contributed by atoms with van der Waals surface area (Å²) in [6.07, 6.45) is 0. The Labute approximate surface area is 287 Å². The van der Waals surface area contributed by atoms with Crippen molar-refractivity contribution < 1.29 is 161 Å². The summed E-state index contributed by atoms with van der Waals surface area (Å²) in [5, 5.41) is 7.05.